The van der Waals surface area contributed by atoms with Crippen LogP contribution >= 0.6 is 12.4 Å². The molecule has 0 bridgehead atoms. The van der Waals surface area contributed by atoms with Gasteiger partial charge in [0.25, 0.3) is 0 Å². The molecule has 1 fully saturated rings. The van der Waals surface area contributed by atoms with Crippen LogP contribution in [0.1, 0.15) is 30.9 Å². The van der Waals surface area contributed by atoms with E-state index in [0.29, 0.717) is 6.04 Å². The van der Waals surface area contributed by atoms with Crippen LogP contribution in [0.3, 0.4) is 0 Å². The molecule has 1 heterocycles. The maximum Gasteiger partial charge on any atom is 0.0247 e. The highest BCUT2D eigenvalue weighted by atomic mass is 35.5. The Morgan fingerprint density at radius 1 is 1.39 bits per heavy atom. The topological polar surface area (TPSA) is 29.3 Å². The Balaban J connectivity index is 0.00000162. The first-order chi connectivity index (χ1) is 8.20. The summed E-state index contributed by atoms with van der Waals surface area (Å²) >= 11 is 0. The third-order valence-electron chi connectivity index (χ3n) is 3.94. The third kappa shape index (κ3) is 3.71. The lowest BCUT2D eigenvalue weighted by molar-refractivity contribution is 0.0991. The van der Waals surface area contributed by atoms with Crippen molar-refractivity contribution in [1.82, 2.24) is 4.90 Å². The summed E-state index contributed by atoms with van der Waals surface area (Å²) in [7, 11) is 0. The Hall–Kier alpha value is -0.570. The van der Waals surface area contributed by atoms with Crippen LogP contribution in [-0.4, -0.2) is 24.0 Å². The number of halogens is 1. The first kappa shape index (κ1) is 15.5. The van der Waals surface area contributed by atoms with E-state index >= 15 is 0 Å². The molecule has 0 aliphatic carbocycles. The molecular weight excluding hydrogens is 244 g/mol. The van der Waals surface area contributed by atoms with E-state index in [4.69, 9.17) is 5.73 Å². The fraction of sp³-hybridized carbons (Fsp3) is 0.600. The highest BCUT2D eigenvalue weighted by Gasteiger charge is 2.26. The van der Waals surface area contributed by atoms with Crippen molar-refractivity contribution in [2.45, 2.75) is 39.3 Å². The SMILES string of the molecule is Cc1cccc(CN2CCCC(C)C2CN)c1.Cl. The van der Waals surface area contributed by atoms with Gasteiger partial charge in [0.1, 0.15) is 0 Å². The van der Waals surface area contributed by atoms with E-state index in [1.807, 2.05) is 0 Å². The van der Waals surface area contributed by atoms with Gasteiger partial charge >= 0.3 is 0 Å². The molecule has 1 aromatic rings. The molecule has 0 spiro atoms. The highest BCUT2D eigenvalue weighted by Crippen LogP contribution is 2.24. The summed E-state index contributed by atoms with van der Waals surface area (Å²) in [6.07, 6.45) is 2.63. The lowest BCUT2D eigenvalue weighted by atomic mass is 9.90. The van der Waals surface area contributed by atoms with Gasteiger partial charge in [0.15, 0.2) is 0 Å². The van der Waals surface area contributed by atoms with Crippen molar-refractivity contribution in [2.75, 3.05) is 13.1 Å². The summed E-state index contributed by atoms with van der Waals surface area (Å²) in [4.78, 5) is 2.56. The number of aryl methyl sites for hydroxylation is 1. The summed E-state index contributed by atoms with van der Waals surface area (Å²) in [5.41, 5.74) is 8.68. The zero-order valence-corrected chi connectivity index (χ0v) is 12.2. The molecule has 1 aromatic carbocycles. The summed E-state index contributed by atoms with van der Waals surface area (Å²) in [6, 6.07) is 9.37. The van der Waals surface area contributed by atoms with E-state index in [0.717, 1.165) is 19.0 Å². The molecule has 2 N–H and O–H groups in total. The van der Waals surface area contributed by atoms with Crippen molar-refractivity contribution < 1.29 is 0 Å². The minimum Gasteiger partial charge on any atom is -0.329 e. The molecule has 102 valence electrons. The van der Waals surface area contributed by atoms with Crippen molar-refractivity contribution in [1.29, 1.82) is 0 Å². The van der Waals surface area contributed by atoms with Crippen LogP contribution in [0.4, 0.5) is 0 Å². The van der Waals surface area contributed by atoms with Crippen molar-refractivity contribution in [3.8, 4) is 0 Å². The van der Waals surface area contributed by atoms with Gasteiger partial charge < -0.3 is 5.73 Å². The Morgan fingerprint density at radius 3 is 2.83 bits per heavy atom. The predicted octanol–water partition coefficient (Wildman–Crippen LogP) is 2.98. The molecule has 0 radical (unpaired) electrons. The van der Waals surface area contributed by atoms with Gasteiger partial charge in [0.05, 0.1) is 0 Å². The third-order valence-corrected chi connectivity index (χ3v) is 3.94. The monoisotopic (exact) mass is 268 g/mol. The van der Waals surface area contributed by atoms with Gasteiger partial charge in [-0.05, 0) is 37.8 Å². The molecule has 3 heteroatoms. The molecule has 1 aliphatic heterocycles. The zero-order chi connectivity index (χ0) is 12.3. The van der Waals surface area contributed by atoms with Gasteiger partial charge in [-0.15, -0.1) is 12.4 Å². The lowest BCUT2D eigenvalue weighted by Gasteiger charge is -2.39. The molecule has 18 heavy (non-hydrogen) atoms. The van der Waals surface area contributed by atoms with Crippen LogP contribution in [-0.2, 0) is 6.54 Å². The summed E-state index contributed by atoms with van der Waals surface area (Å²) in [5.74, 6) is 0.735. The van der Waals surface area contributed by atoms with Crippen molar-refractivity contribution in [3.05, 3.63) is 35.4 Å². The quantitative estimate of drug-likeness (QED) is 0.913. The maximum atomic E-state index is 5.93. The number of nitrogens with two attached hydrogens (primary N) is 1. The van der Waals surface area contributed by atoms with Gasteiger partial charge in [0, 0.05) is 19.1 Å². The van der Waals surface area contributed by atoms with Crippen LogP contribution in [0.15, 0.2) is 24.3 Å². The largest absolute Gasteiger partial charge is 0.329 e. The smallest absolute Gasteiger partial charge is 0.0247 e. The summed E-state index contributed by atoms with van der Waals surface area (Å²) in [6.45, 7) is 7.52. The number of benzene rings is 1. The van der Waals surface area contributed by atoms with Crippen LogP contribution in [0.2, 0.25) is 0 Å². The number of rotatable bonds is 3. The van der Waals surface area contributed by atoms with E-state index in [9.17, 15) is 0 Å². The minimum atomic E-state index is 0. The average Bonchev–Trinajstić information content (AvgIpc) is 2.29. The Kier molecular flexibility index (Phi) is 6.13. The second kappa shape index (κ2) is 7.13. The Bertz CT molecular complexity index is 367. The van der Waals surface area contributed by atoms with Gasteiger partial charge in [-0.25, -0.2) is 0 Å². The normalized spacial score (nSPS) is 24.6. The number of likely N-dealkylation sites (tertiary alicyclic amines) is 1. The van der Waals surface area contributed by atoms with E-state index < -0.39 is 0 Å². The second-order valence-electron chi connectivity index (χ2n) is 5.38. The van der Waals surface area contributed by atoms with Crippen molar-refractivity contribution in [2.24, 2.45) is 11.7 Å². The van der Waals surface area contributed by atoms with Crippen molar-refractivity contribution in [3.63, 3.8) is 0 Å². The number of nitrogens with zero attached hydrogens (tertiary/aromatic N) is 1. The number of hydrogen-bond acceptors (Lipinski definition) is 2. The van der Waals surface area contributed by atoms with E-state index in [1.165, 1.54) is 30.5 Å². The predicted molar refractivity (Wildman–Crippen MR) is 80.1 cm³/mol. The number of piperidine rings is 1. The summed E-state index contributed by atoms with van der Waals surface area (Å²) in [5, 5.41) is 0. The first-order valence-electron chi connectivity index (χ1n) is 6.70. The molecule has 2 unspecified atom stereocenters. The highest BCUT2D eigenvalue weighted by molar-refractivity contribution is 5.85. The van der Waals surface area contributed by atoms with E-state index in [-0.39, 0.29) is 12.4 Å². The molecule has 2 nitrogen and oxygen atoms in total. The Labute approximate surface area is 117 Å². The first-order valence-corrected chi connectivity index (χ1v) is 6.70. The fourth-order valence-corrected chi connectivity index (χ4v) is 2.96. The molecule has 0 saturated carbocycles. The fourth-order valence-electron chi connectivity index (χ4n) is 2.96. The second-order valence-corrected chi connectivity index (χ2v) is 5.38. The Morgan fingerprint density at radius 2 is 2.17 bits per heavy atom. The van der Waals surface area contributed by atoms with Gasteiger partial charge in [0.2, 0.25) is 0 Å². The van der Waals surface area contributed by atoms with Crippen LogP contribution in [0, 0.1) is 12.8 Å². The van der Waals surface area contributed by atoms with Gasteiger partial charge in [-0.1, -0.05) is 36.8 Å². The van der Waals surface area contributed by atoms with Gasteiger partial charge in [-0.2, -0.15) is 0 Å². The molecular formula is C15H25ClN2. The van der Waals surface area contributed by atoms with Crippen LogP contribution in [0.25, 0.3) is 0 Å². The number of hydrogen-bond donors (Lipinski definition) is 1. The van der Waals surface area contributed by atoms with Gasteiger partial charge in [-0.3, -0.25) is 4.90 Å². The lowest BCUT2D eigenvalue weighted by Crippen LogP contribution is -2.47. The molecule has 2 atom stereocenters. The molecule has 1 saturated heterocycles. The van der Waals surface area contributed by atoms with E-state index in [1.54, 1.807) is 0 Å². The van der Waals surface area contributed by atoms with Crippen LogP contribution in [0.5, 0.6) is 0 Å². The standard InChI is InChI=1S/C15H24N2.ClH/c1-12-5-3-7-14(9-12)11-17-8-4-6-13(2)15(17)10-16;/h3,5,7,9,13,15H,4,6,8,10-11,16H2,1-2H3;1H. The van der Waals surface area contributed by atoms with Crippen molar-refractivity contribution >= 4 is 12.4 Å². The van der Waals surface area contributed by atoms with E-state index in [2.05, 4.69) is 43.0 Å². The molecule has 0 amide bonds. The average molecular weight is 269 g/mol. The summed E-state index contributed by atoms with van der Waals surface area (Å²) < 4.78 is 0. The van der Waals surface area contributed by atoms with Crippen LogP contribution < -0.4 is 5.73 Å². The molecule has 2 rings (SSSR count). The maximum absolute atomic E-state index is 5.93. The minimum absolute atomic E-state index is 0. The zero-order valence-electron chi connectivity index (χ0n) is 11.4. The molecule has 0 aromatic heterocycles. The molecule has 1 aliphatic rings.